The van der Waals surface area contributed by atoms with Crippen LogP contribution in [0.3, 0.4) is 0 Å². The molecule has 168 valence electrons. The van der Waals surface area contributed by atoms with Gasteiger partial charge in [-0.05, 0) is 74.9 Å². The van der Waals surface area contributed by atoms with Crippen LogP contribution in [0.1, 0.15) is 55.0 Å². The van der Waals surface area contributed by atoms with Crippen LogP contribution in [0.5, 0.6) is 0 Å². The molecule has 3 aromatic rings. The van der Waals surface area contributed by atoms with Crippen LogP contribution in [0.4, 0.5) is 5.69 Å². The van der Waals surface area contributed by atoms with Crippen LogP contribution in [0, 0.1) is 6.92 Å². The highest BCUT2D eigenvalue weighted by Gasteiger charge is 2.26. The summed E-state index contributed by atoms with van der Waals surface area (Å²) in [5.41, 5.74) is 6.38. The van der Waals surface area contributed by atoms with Crippen LogP contribution in [0.25, 0.3) is 5.69 Å². The minimum Gasteiger partial charge on any atom is -0.375 e. The minimum atomic E-state index is 0.0588. The van der Waals surface area contributed by atoms with Gasteiger partial charge in [0, 0.05) is 49.2 Å². The summed E-state index contributed by atoms with van der Waals surface area (Å²) in [5, 5.41) is 4.36. The molecule has 32 heavy (non-hydrogen) atoms. The molecule has 1 saturated carbocycles. The Hall–Kier alpha value is -2.86. The molecule has 2 aromatic heterocycles. The first kappa shape index (κ1) is 21.0. The van der Waals surface area contributed by atoms with Crippen molar-refractivity contribution in [1.82, 2.24) is 14.3 Å². The molecule has 1 atom stereocenters. The van der Waals surface area contributed by atoms with Crippen molar-refractivity contribution in [1.29, 1.82) is 0 Å². The van der Waals surface area contributed by atoms with Gasteiger partial charge >= 0.3 is 0 Å². The molecule has 1 aromatic carbocycles. The van der Waals surface area contributed by atoms with E-state index in [9.17, 15) is 4.79 Å². The zero-order valence-corrected chi connectivity index (χ0v) is 19.3. The van der Waals surface area contributed by atoms with Crippen molar-refractivity contribution in [3.63, 3.8) is 0 Å². The lowest BCUT2D eigenvalue weighted by Crippen LogP contribution is -2.41. The third-order valence-electron chi connectivity index (χ3n) is 6.60. The predicted molar refractivity (Wildman–Crippen MR) is 127 cm³/mol. The van der Waals surface area contributed by atoms with E-state index in [4.69, 9.17) is 4.74 Å². The lowest BCUT2D eigenvalue weighted by Gasteiger charge is -2.33. The number of ether oxygens (including phenoxy) is 1. The van der Waals surface area contributed by atoms with Gasteiger partial charge in [0.15, 0.2) is 0 Å². The summed E-state index contributed by atoms with van der Waals surface area (Å²) in [5.74, 6) is 0.617. The highest BCUT2D eigenvalue weighted by molar-refractivity contribution is 5.58. The van der Waals surface area contributed by atoms with Crippen molar-refractivity contribution in [3.05, 3.63) is 75.5 Å². The molecule has 6 heteroatoms. The fourth-order valence-electron chi connectivity index (χ4n) is 4.65. The fraction of sp³-hybridized carbons (Fsp3) is 0.462. The number of anilines is 1. The molecule has 0 N–H and O–H groups in total. The molecule has 6 nitrogen and oxygen atoms in total. The first-order valence-corrected chi connectivity index (χ1v) is 11.8. The zero-order chi connectivity index (χ0) is 22.2. The molecule has 0 spiro atoms. The van der Waals surface area contributed by atoms with Gasteiger partial charge < -0.3 is 9.64 Å². The van der Waals surface area contributed by atoms with Crippen LogP contribution in [0.2, 0.25) is 0 Å². The van der Waals surface area contributed by atoms with Gasteiger partial charge in [-0.1, -0.05) is 6.07 Å². The second kappa shape index (κ2) is 8.58. The van der Waals surface area contributed by atoms with Gasteiger partial charge in [-0.3, -0.25) is 14.0 Å². The quantitative estimate of drug-likeness (QED) is 0.590. The largest absolute Gasteiger partial charge is 0.375 e. The normalized spacial score (nSPS) is 18.8. The molecule has 2 fully saturated rings. The zero-order valence-electron chi connectivity index (χ0n) is 19.3. The number of hydrogen-bond donors (Lipinski definition) is 0. The SMILES string of the molecule is CCn1cc(Cc2ccc(C)n(-c3cc(C4CC4)cc(N4CCO[C@H](C)C4)c3)c2=O)cn1. The summed E-state index contributed by atoms with van der Waals surface area (Å²) in [6, 6.07) is 10.7. The minimum absolute atomic E-state index is 0.0588. The van der Waals surface area contributed by atoms with Crippen LogP contribution in [0.15, 0.2) is 47.5 Å². The van der Waals surface area contributed by atoms with Crippen molar-refractivity contribution in [2.45, 2.75) is 58.6 Å². The van der Waals surface area contributed by atoms with Gasteiger partial charge in [0.1, 0.15) is 0 Å². The van der Waals surface area contributed by atoms with E-state index in [1.54, 1.807) is 0 Å². The molecule has 3 heterocycles. The number of rotatable bonds is 6. The Morgan fingerprint density at radius 2 is 1.97 bits per heavy atom. The molecule has 1 aliphatic heterocycles. The number of nitrogens with zero attached hydrogens (tertiary/aromatic N) is 4. The summed E-state index contributed by atoms with van der Waals surface area (Å²) < 4.78 is 9.54. The summed E-state index contributed by atoms with van der Waals surface area (Å²) in [4.78, 5) is 16.0. The standard InChI is InChI=1S/C26H32N4O2/c1-4-29-17-20(15-27-29)11-22-6-5-18(2)30(26(22)31)25-13-23(21-7-8-21)12-24(14-25)28-9-10-32-19(3)16-28/h5-6,12-15,17,19,21H,4,7-11,16H2,1-3H3/t19-/m1/s1. The van der Waals surface area contributed by atoms with Gasteiger partial charge in [-0.2, -0.15) is 5.10 Å². The van der Waals surface area contributed by atoms with Crippen LogP contribution in [-0.2, 0) is 17.7 Å². The summed E-state index contributed by atoms with van der Waals surface area (Å²) >= 11 is 0. The molecule has 1 aliphatic carbocycles. The Morgan fingerprint density at radius 3 is 2.69 bits per heavy atom. The maximum atomic E-state index is 13.6. The van der Waals surface area contributed by atoms with Gasteiger partial charge in [0.2, 0.25) is 0 Å². The predicted octanol–water partition coefficient (Wildman–Crippen LogP) is 4.06. The molecule has 5 rings (SSSR count). The number of hydrogen-bond acceptors (Lipinski definition) is 4. The van der Waals surface area contributed by atoms with Crippen molar-refractivity contribution < 1.29 is 4.74 Å². The van der Waals surface area contributed by atoms with E-state index in [-0.39, 0.29) is 11.7 Å². The van der Waals surface area contributed by atoms with E-state index in [1.807, 2.05) is 34.6 Å². The number of benzene rings is 1. The molecule has 1 saturated heterocycles. The summed E-state index contributed by atoms with van der Waals surface area (Å²) in [6.45, 7) is 9.53. The second-order valence-corrected chi connectivity index (χ2v) is 9.21. The molecule has 0 bridgehead atoms. The first-order valence-electron chi connectivity index (χ1n) is 11.8. The molecular formula is C26H32N4O2. The average molecular weight is 433 g/mol. The maximum Gasteiger partial charge on any atom is 0.258 e. The van der Waals surface area contributed by atoms with E-state index < -0.39 is 0 Å². The Balaban J connectivity index is 1.55. The Morgan fingerprint density at radius 1 is 1.16 bits per heavy atom. The maximum absolute atomic E-state index is 13.6. The lowest BCUT2D eigenvalue weighted by atomic mass is 10.1. The lowest BCUT2D eigenvalue weighted by molar-refractivity contribution is 0.0532. The van der Waals surface area contributed by atoms with E-state index in [1.165, 1.54) is 24.1 Å². The average Bonchev–Trinajstić information content (AvgIpc) is 3.55. The third-order valence-corrected chi connectivity index (χ3v) is 6.60. The Labute approximate surface area is 189 Å². The topological polar surface area (TPSA) is 52.3 Å². The van der Waals surface area contributed by atoms with Crippen molar-refractivity contribution in [2.24, 2.45) is 0 Å². The smallest absolute Gasteiger partial charge is 0.258 e. The van der Waals surface area contributed by atoms with Gasteiger partial charge in [0.25, 0.3) is 5.56 Å². The molecule has 0 amide bonds. The highest BCUT2D eigenvalue weighted by atomic mass is 16.5. The molecule has 2 aliphatic rings. The summed E-state index contributed by atoms with van der Waals surface area (Å²) in [6.07, 6.45) is 7.16. The molecular weight excluding hydrogens is 400 g/mol. The number of aromatic nitrogens is 3. The number of morpholine rings is 1. The third kappa shape index (κ3) is 4.24. The Bertz CT molecular complexity index is 1170. The van der Waals surface area contributed by atoms with Gasteiger partial charge in [-0.15, -0.1) is 0 Å². The van der Waals surface area contributed by atoms with Crippen molar-refractivity contribution in [2.75, 3.05) is 24.6 Å². The summed E-state index contributed by atoms with van der Waals surface area (Å²) in [7, 11) is 0. The van der Waals surface area contributed by atoms with Gasteiger partial charge in [0.05, 0.1) is 24.6 Å². The monoisotopic (exact) mass is 432 g/mol. The van der Waals surface area contributed by atoms with E-state index in [2.05, 4.69) is 48.1 Å². The molecule has 0 radical (unpaired) electrons. The Kier molecular flexibility index (Phi) is 5.64. The van der Waals surface area contributed by atoms with E-state index in [0.717, 1.165) is 48.7 Å². The van der Waals surface area contributed by atoms with Gasteiger partial charge in [-0.25, -0.2) is 0 Å². The van der Waals surface area contributed by atoms with Crippen LogP contribution in [-0.4, -0.2) is 40.1 Å². The number of aryl methyl sites for hydroxylation is 2. The van der Waals surface area contributed by atoms with Crippen molar-refractivity contribution in [3.8, 4) is 5.69 Å². The van der Waals surface area contributed by atoms with E-state index in [0.29, 0.717) is 12.3 Å². The van der Waals surface area contributed by atoms with Crippen LogP contribution < -0.4 is 10.5 Å². The highest BCUT2D eigenvalue weighted by Crippen LogP contribution is 2.42. The second-order valence-electron chi connectivity index (χ2n) is 9.21. The van der Waals surface area contributed by atoms with Crippen molar-refractivity contribution >= 4 is 5.69 Å². The van der Waals surface area contributed by atoms with E-state index >= 15 is 0 Å². The number of pyridine rings is 1. The first-order chi connectivity index (χ1) is 15.5. The fourth-order valence-corrected chi connectivity index (χ4v) is 4.65. The van der Waals surface area contributed by atoms with Crippen LogP contribution >= 0.6 is 0 Å². The molecule has 0 unspecified atom stereocenters.